The molecule has 1 rings (SSSR count). The molecule has 1 atom stereocenters. The van der Waals surface area contributed by atoms with Crippen molar-refractivity contribution in [2.75, 3.05) is 6.54 Å². The first-order valence-corrected chi connectivity index (χ1v) is 6.26. The monoisotopic (exact) mass is 223 g/mol. The van der Waals surface area contributed by atoms with Crippen molar-refractivity contribution in [3.05, 3.63) is 17.0 Å². The number of rotatable bonds is 6. The number of hydrogen-bond donors (Lipinski definition) is 1. The van der Waals surface area contributed by atoms with E-state index in [1.165, 1.54) is 24.1 Å². The highest BCUT2D eigenvalue weighted by molar-refractivity contribution is 5.23. The van der Waals surface area contributed by atoms with Gasteiger partial charge in [0.1, 0.15) is 0 Å². The van der Waals surface area contributed by atoms with E-state index in [1.807, 2.05) is 11.7 Å². The van der Waals surface area contributed by atoms with Crippen LogP contribution >= 0.6 is 0 Å². The van der Waals surface area contributed by atoms with Crippen LogP contribution in [0.4, 0.5) is 0 Å². The Hall–Kier alpha value is -0.830. The van der Waals surface area contributed by atoms with Gasteiger partial charge in [0.15, 0.2) is 0 Å². The van der Waals surface area contributed by atoms with Crippen molar-refractivity contribution in [2.24, 2.45) is 13.0 Å². The smallest absolute Gasteiger partial charge is 0.0641 e. The molecule has 0 fully saturated rings. The fourth-order valence-electron chi connectivity index (χ4n) is 2.11. The largest absolute Gasteiger partial charge is 0.312 e. The topological polar surface area (TPSA) is 29.9 Å². The molecule has 0 saturated heterocycles. The molecule has 1 aromatic heterocycles. The van der Waals surface area contributed by atoms with Crippen molar-refractivity contribution in [1.29, 1.82) is 0 Å². The van der Waals surface area contributed by atoms with Gasteiger partial charge < -0.3 is 5.32 Å². The molecule has 0 spiro atoms. The van der Waals surface area contributed by atoms with Crippen LogP contribution in [0.2, 0.25) is 0 Å². The van der Waals surface area contributed by atoms with Crippen LogP contribution in [-0.2, 0) is 13.6 Å². The van der Waals surface area contributed by atoms with Crippen LogP contribution < -0.4 is 5.32 Å². The highest BCUT2D eigenvalue weighted by Gasteiger charge is 2.09. The zero-order chi connectivity index (χ0) is 12.1. The molecule has 1 aromatic rings. The number of aryl methyl sites for hydroxylation is 2. The van der Waals surface area contributed by atoms with E-state index in [0.717, 1.165) is 24.7 Å². The second-order valence-electron chi connectivity index (χ2n) is 4.80. The molecule has 1 unspecified atom stereocenters. The Morgan fingerprint density at radius 3 is 2.56 bits per heavy atom. The lowest BCUT2D eigenvalue weighted by Crippen LogP contribution is -2.21. The minimum atomic E-state index is 0.766. The maximum atomic E-state index is 4.42. The van der Waals surface area contributed by atoms with E-state index in [4.69, 9.17) is 0 Å². The summed E-state index contributed by atoms with van der Waals surface area (Å²) in [5.41, 5.74) is 3.77. The highest BCUT2D eigenvalue weighted by Crippen LogP contribution is 2.11. The summed E-state index contributed by atoms with van der Waals surface area (Å²) in [5.74, 6) is 0.766. The van der Waals surface area contributed by atoms with Gasteiger partial charge in [0.2, 0.25) is 0 Å². The van der Waals surface area contributed by atoms with Crippen molar-refractivity contribution >= 4 is 0 Å². The van der Waals surface area contributed by atoms with Gasteiger partial charge in [0, 0.05) is 24.8 Å². The second kappa shape index (κ2) is 6.04. The van der Waals surface area contributed by atoms with Crippen molar-refractivity contribution in [1.82, 2.24) is 15.1 Å². The van der Waals surface area contributed by atoms with Gasteiger partial charge in [-0.2, -0.15) is 5.10 Å². The van der Waals surface area contributed by atoms with Crippen molar-refractivity contribution in [2.45, 2.75) is 47.1 Å². The van der Waals surface area contributed by atoms with Gasteiger partial charge in [-0.05, 0) is 32.7 Å². The van der Waals surface area contributed by atoms with E-state index in [0.29, 0.717) is 0 Å². The standard InChI is InChI=1S/C13H25N3/c1-6-7-10(2)8-14-9-13-11(3)15-16(5)12(13)4/h10,14H,6-9H2,1-5H3. The first-order valence-electron chi connectivity index (χ1n) is 6.26. The Morgan fingerprint density at radius 1 is 1.38 bits per heavy atom. The number of hydrogen-bond acceptors (Lipinski definition) is 2. The Bertz CT molecular complexity index is 328. The third kappa shape index (κ3) is 3.34. The minimum Gasteiger partial charge on any atom is -0.312 e. The average Bonchev–Trinajstić information content (AvgIpc) is 2.45. The Labute approximate surface area is 99.2 Å². The molecule has 0 saturated carbocycles. The lowest BCUT2D eigenvalue weighted by Gasteiger charge is -2.11. The van der Waals surface area contributed by atoms with Crippen LogP contribution in [0.15, 0.2) is 0 Å². The zero-order valence-electron chi connectivity index (χ0n) is 11.3. The number of nitrogens with zero attached hydrogens (tertiary/aromatic N) is 2. The molecular weight excluding hydrogens is 198 g/mol. The molecule has 0 aliphatic heterocycles. The van der Waals surface area contributed by atoms with Gasteiger partial charge >= 0.3 is 0 Å². The van der Waals surface area contributed by atoms with E-state index in [1.54, 1.807) is 0 Å². The summed E-state index contributed by atoms with van der Waals surface area (Å²) in [7, 11) is 2.01. The van der Waals surface area contributed by atoms with Crippen LogP contribution in [0.25, 0.3) is 0 Å². The molecule has 0 aliphatic carbocycles. The molecule has 0 amide bonds. The van der Waals surface area contributed by atoms with Gasteiger partial charge in [-0.1, -0.05) is 20.3 Å². The predicted molar refractivity (Wildman–Crippen MR) is 68.5 cm³/mol. The summed E-state index contributed by atoms with van der Waals surface area (Å²) in [6.07, 6.45) is 2.58. The fraction of sp³-hybridized carbons (Fsp3) is 0.769. The molecule has 0 radical (unpaired) electrons. The summed E-state index contributed by atoms with van der Waals surface area (Å²) in [6.45, 7) is 10.8. The van der Waals surface area contributed by atoms with E-state index < -0.39 is 0 Å². The first kappa shape index (κ1) is 13.2. The van der Waals surface area contributed by atoms with Gasteiger partial charge in [-0.25, -0.2) is 0 Å². The van der Waals surface area contributed by atoms with Gasteiger partial charge in [0.25, 0.3) is 0 Å². The van der Waals surface area contributed by atoms with Crippen molar-refractivity contribution in [3.8, 4) is 0 Å². The molecule has 3 nitrogen and oxygen atoms in total. The molecule has 1 heterocycles. The normalized spacial score (nSPS) is 13.1. The Balaban J connectivity index is 2.43. The van der Waals surface area contributed by atoms with Gasteiger partial charge in [-0.3, -0.25) is 4.68 Å². The summed E-state index contributed by atoms with van der Waals surface area (Å²) >= 11 is 0. The third-order valence-corrected chi connectivity index (χ3v) is 3.23. The van der Waals surface area contributed by atoms with Gasteiger partial charge in [0.05, 0.1) is 5.69 Å². The number of aromatic nitrogens is 2. The predicted octanol–water partition coefficient (Wildman–Crippen LogP) is 2.56. The molecule has 92 valence electrons. The molecule has 1 N–H and O–H groups in total. The van der Waals surface area contributed by atoms with Crippen LogP contribution in [0, 0.1) is 19.8 Å². The maximum Gasteiger partial charge on any atom is 0.0641 e. The lowest BCUT2D eigenvalue weighted by molar-refractivity contribution is 0.475. The number of nitrogens with one attached hydrogen (secondary N) is 1. The minimum absolute atomic E-state index is 0.766. The SMILES string of the molecule is CCCC(C)CNCc1c(C)nn(C)c1C. The first-order chi connectivity index (χ1) is 7.56. The van der Waals surface area contributed by atoms with Crippen molar-refractivity contribution < 1.29 is 0 Å². The van der Waals surface area contributed by atoms with Crippen LogP contribution in [0.5, 0.6) is 0 Å². The summed E-state index contributed by atoms with van der Waals surface area (Å²) in [6, 6.07) is 0. The molecule has 0 aromatic carbocycles. The fourth-order valence-corrected chi connectivity index (χ4v) is 2.11. The Morgan fingerprint density at radius 2 is 2.06 bits per heavy atom. The van der Waals surface area contributed by atoms with Crippen LogP contribution in [0.1, 0.15) is 43.6 Å². The quantitative estimate of drug-likeness (QED) is 0.803. The molecule has 0 bridgehead atoms. The van der Waals surface area contributed by atoms with E-state index in [9.17, 15) is 0 Å². The summed E-state index contributed by atoms with van der Waals surface area (Å²) in [5, 5.41) is 7.95. The van der Waals surface area contributed by atoms with E-state index in [2.05, 4.69) is 38.1 Å². The second-order valence-corrected chi connectivity index (χ2v) is 4.80. The Kier molecular flexibility index (Phi) is 5.00. The third-order valence-electron chi connectivity index (χ3n) is 3.23. The van der Waals surface area contributed by atoms with Crippen molar-refractivity contribution in [3.63, 3.8) is 0 Å². The molecule has 3 heteroatoms. The zero-order valence-corrected chi connectivity index (χ0v) is 11.3. The average molecular weight is 223 g/mol. The molecule has 16 heavy (non-hydrogen) atoms. The van der Waals surface area contributed by atoms with E-state index in [-0.39, 0.29) is 0 Å². The maximum absolute atomic E-state index is 4.42. The van der Waals surface area contributed by atoms with Crippen LogP contribution in [-0.4, -0.2) is 16.3 Å². The van der Waals surface area contributed by atoms with Crippen LogP contribution in [0.3, 0.4) is 0 Å². The van der Waals surface area contributed by atoms with Gasteiger partial charge in [-0.15, -0.1) is 0 Å². The summed E-state index contributed by atoms with van der Waals surface area (Å²) < 4.78 is 1.96. The lowest BCUT2D eigenvalue weighted by atomic mass is 10.1. The van der Waals surface area contributed by atoms with E-state index >= 15 is 0 Å². The molecule has 0 aliphatic rings. The molecular formula is C13H25N3. The highest BCUT2D eigenvalue weighted by atomic mass is 15.3. The summed E-state index contributed by atoms with van der Waals surface area (Å²) in [4.78, 5) is 0.